The third-order valence-corrected chi connectivity index (χ3v) is 10.2. The van der Waals surface area contributed by atoms with Crippen LogP contribution in [0.2, 0.25) is 0 Å². The summed E-state index contributed by atoms with van der Waals surface area (Å²) in [6.07, 6.45) is 44.9. The van der Waals surface area contributed by atoms with Crippen molar-refractivity contribution < 1.29 is 28.4 Å². The van der Waals surface area contributed by atoms with Crippen LogP contribution in [-0.2, 0) is 18.4 Å². The number of carbonyl (C=O) groups is 1. The number of phosphoric acid groups is 1. The Bertz CT molecular complexity index is 897. The second-order valence-corrected chi connectivity index (χ2v) is 15.6. The third-order valence-electron chi connectivity index (χ3n) is 9.20. The maximum atomic E-state index is 12.7. The standard InChI is InChI=1S/C42H81N2O6P/c1-3-5-7-9-11-13-15-16-17-18-19-20-21-22-23-24-26-27-29-31-33-35-41(45)40(39-50-51(47,48)49-38-37-43)44-42(46)36-34-32-30-28-25-14-12-10-8-6-4-2/h21-22,26-27,33,35,40-41,45H,3-20,23-25,28-32,34,36-39,43H2,1-2H3,(H,44,46)(H,47,48)/b22-21+,27-26+,35-33+. The Labute approximate surface area is 314 Å². The van der Waals surface area contributed by atoms with Gasteiger partial charge in [0.05, 0.1) is 25.4 Å². The van der Waals surface area contributed by atoms with Gasteiger partial charge in [0.1, 0.15) is 0 Å². The van der Waals surface area contributed by atoms with Crippen molar-refractivity contribution in [3.63, 3.8) is 0 Å². The number of nitrogens with one attached hydrogen (secondary N) is 1. The predicted octanol–water partition coefficient (Wildman–Crippen LogP) is 11.6. The van der Waals surface area contributed by atoms with Crippen molar-refractivity contribution in [2.24, 2.45) is 5.73 Å². The second-order valence-electron chi connectivity index (χ2n) is 14.2. The number of nitrogens with two attached hydrogens (primary N) is 1. The number of aliphatic hydroxyl groups is 1. The third kappa shape index (κ3) is 36.9. The van der Waals surface area contributed by atoms with E-state index in [0.29, 0.717) is 6.42 Å². The van der Waals surface area contributed by atoms with Gasteiger partial charge in [0.25, 0.3) is 0 Å². The van der Waals surface area contributed by atoms with Crippen molar-refractivity contribution >= 4 is 13.7 Å². The molecular weight excluding hydrogens is 659 g/mol. The Kier molecular flexibility index (Phi) is 37.5. The molecule has 51 heavy (non-hydrogen) atoms. The molecule has 0 aliphatic carbocycles. The summed E-state index contributed by atoms with van der Waals surface area (Å²) in [7, 11) is -4.34. The van der Waals surface area contributed by atoms with E-state index in [9.17, 15) is 19.4 Å². The highest BCUT2D eigenvalue weighted by Gasteiger charge is 2.26. The number of hydrogen-bond donors (Lipinski definition) is 4. The number of unbranched alkanes of at least 4 members (excludes halogenated alkanes) is 23. The first-order valence-corrected chi connectivity index (χ1v) is 22.6. The number of phosphoric ester groups is 1. The van der Waals surface area contributed by atoms with Crippen LogP contribution in [0, 0.1) is 0 Å². The van der Waals surface area contributed by atoms with Crippen LogP contribution in [0.15, 0.2) is 36.5 Å². The number of carbonyl (C=O) groups excluding carboxylic acids is 1. The van der Waals surface area contributed by atoms with Crippen LogP contribution in [0.25, 0.3) is 0 Å². The molecule has 1 amide bonds. The van der Waals surface area contributed by atoms with Crippen LogP contribution >= 0.6 is 7.82 Å². The van der Waals surface area contributed by atoms with Crippen LogP contribution < -0.4 is 11.1 Å². The highest BCUT2D eigenvalue weighted by molar-refractivity contribution is 7.47. The van der Waals surface area contributed by atoms with Gasteiger partial charge in [0.2, 0.25) is 5.91 Å². The van der Waals surface area contributed by atoms with E-state index in [0.717, 1.165) is 44.9 Å². The van der Waals surface area contributed by atoms with Gasteiger partial charge in [-0.2, -0.15) is 0 Å². The number of aliphatic hydroxyl groups excluding tert-OH is 1. The normalized spacial score (nSPS) is 14.5. The molecule has 3 atom stereocenters. The van der Waals surface area contributed by atoms with Gasteiger partial charge in [-0.1, -0.05) is 179 Å². The zero-order valence-electron chi connectivity index (χ0n) is 33.1. The number of allylic oxidation sites excluding steroid dienone is 5. The van der Waals surface area contributed by atoms with E-state index in [-0.39, 0.29) is 25.7 Å². The molecule has 0 aliphatic heterocycles. The van der Waals surface area contributed by atoms with E-state index >= 15 is 0 Å². The fourth-order valence-electron chi connectivity index (χ4n) is 5.99. The molecule has 0 saturated carbocycles. The fraction of sp³-hybridized carbons (Fsp3) is 0.833. The molecule has 0 spiro atoms. The van der Waals surface area contributed by atoms with Crippen LogP contribution in [0.1, 0.15) is 194 Å². The van der Waals surface area contributed by atoms with E-state index in [1.807, 2.05) is 6.08 Å². The van der Waals surface area contributed by atoms with Crippen molar-refractivity contribution in [1.29, 1.82) is 0 Å². The lowest BCUT2D eigenvalue weighted by molar-refractivity contribution is -0.123. The van der Waals surface area contributed by atoms with Crippen molar-refractivity contribution in [3.8, 4) is 0 Å². The highest BCUT2D eigenvalue weighted by Crippen LogP contribution is 2.43. The van der Waals surface area contributed by atoms with Crippen LogP contribution in [-0.4, -0.2) is 47.8 Å². The lowest BCUT2D eigenvalue weighted by Crippen LogP contribution is -2.45. The zero-order chi connectivity index (χ0) is 37.5. The monoisotopic (exact) mass is 741 g/mol. The smallest absolute Gasteiger partial charge is 0.387 e. The van der Waals surface area contributed by atoms with Gasteiger partial charge in [-0.25, -0.2) is 4.57 Å². The largest absolute Gasteiger partial charge is 0.472 e. The van der Waals surface area contributed by atoms with Gasteiger partial charge in [0, 0.05) is 13.0 Å². The summed E-state index contributed by atoms with van der Waals surface area (Å²) in [5, 5.41) is 13.6. The minimum absolute atomic E-state index is 0.0724. The first-order valence-electron chi connectivity index (χ1n) is 21.1. The Morgan fingerprint density at radius 1 is 0.627 bits per heavy atom. The predicted molar refractivity (Wildman–Crippen MR) is 217 cm³/mol. The van der Waals surface area contributed by atoms with E-state index in [1.165, 1.54) is 128 Å². The SMILES string of the molecule is CCCCCCCCCCCCC/C=C/CC/C=C/CC/C=C/C(O)C(COP(=O)(O)OCCN)NC(=O)CCCCCCCCCCCCC. The van der Waals surface area contributed by atoms with Gasteiger partial charge in [-0.15, -0.1) is 0 Å². The molecule has 0 aromatic rings. The molecule has 0 saturated heterocycles. The Balaban J connectivity index is 4.28. The van der Waals surface area contributed by atoms with Crippen molar-refractivity contribution in [1.82, 2.24) is 5.32 Å². The summed E-state index contributed by atoms with van der Waals surface area (Å²) in [6, 6.07) is -0.879. The first-order chi connectivity index (χ1) is 24.9. The molecule has 0 radical (unpaired) electrons. The minimum atomic E-state index is -4.34. The summed E-state index contributed by atoms with van der Waals surface area (Å²) in [4.78, 5) is 22.6. The summed E-state index contributed by atoms with van der Waals surface area (Å²) < 4.78 is 22.0. The molecule has 300 valence electrons. The Morgan fingerprint density at radius 3 is 1.51 bits per heavy atom. The lowest BCUT2D eigenvalue weighted by Gasteiger charge is -2.23. The average molecular weight is 741 g/mol. The summed E-state index contributed by atoms with van der Waals surface area (Å²) >= 11 is 0. The fourth-order valence-corrected chi connectivity index (χ4v) is 6.75. The number of hydrogen-bond acceptors (Lipinski definition) is 6. The Hall–Kier alpha value is -1.28. The number of amides is 1. The van der Waals surface area contributed by atoms with E-state index in [2.05, 4.69) is 43.5 Å². The maximum absolute atomic E-state index is 12.7. The highest BCUT2D eigenvalue weighted by atomic mass is 31.2. The molecule has 9 heteroatoms. The molecule has 0 fully saturated rings. The molecule has 0 heterocycles. The van der Waals surface area contributed by atoms with Gasteiger partial charge >= 0.3 is 7.82 Å². The van der Waals surface area contributed by atoms with E-state index in [1.54, 1.807) is 6.08 Å². The summed E-state index contributed by atoms with van der Waals surface area (Å²) in [6.45, 7) is 4.09. The summed E-state index contributed by atoms with van der Waals surface area (Å²) in [5.41, 5.74) is 5.36. The average Bonchev–Trinajstić information content (AvgIpc) is 3.12. The molecule has 3 unspecified atom stereocenters. The van der Waals surface area contributed by atoms with E-state index in [4.69, 9.17) is 14.8 Å². The quantitative estimate of drug-likeness (QED) is 0.0280. The molecule has 0 rings (SSSR count). The van der Waals surface area contributed by atoms with Crippen molar-refractivity contribution in [2.45, 2.75) is 206 Å². The Morgan fingerprint density at radius 2 is 1.04 bits per heavy atom. The summed E-state index contributed by atoms with van der Waals surface area (Å²) in [5.74, 6) is -0.210. The lowest BCUT2D eigenvalue weighted by atomic mass is 10.0. The van der Waals surface area contributed by atoms with Gasteiger partial charge in [-0.3, -0.25) is 13.8 Å². The van der Waals surface area contributed by atoms with E-state index < -0.39 is 20.0 Å². The minimum Gasteiger partial charge on any atom is -0.387 e. The van der Waals surface area contributed by atoms with Crippen molar-refractivity contribution in [2.75, 3.05) is 19.8 Å². The second kappa shape index (κ2) is 38.4. The molecule has 0 aliphatic rings. The molecule has 0 aromatic heterocycles. The zero-order valence-corrected chi connectivity index (χ0v) is 34.0. The van der Waals surface area contributed by atoms with Crippen LogP contribution in [0.4, 0.5) is 0 Å². The number of rotatable bonds is 39. The maximum Gasteiger partial charge on any atom is 0.472 e. The molecule has 0 bridgehead atoms. The van der Waals surface area contributed by atoms with Crippen molar-refractivity contribution in [3.05, 3.63) is 36.5 Å². The molecule has 5 N–H and O–H groups in total. The topological polar surface area (TPSA) is 131 Å². The van der Waals surface area contributed by atoms with Gasteiger partial charge in [0.15, 0.2) is 0 Å². The van der Waals surface area contributed by atoms with Crippen LogP contribution in [0.5, 0.6) is 0 Å². The van der Waals surface area contributed by atoms with Crippen LogP contribution in [0.3, 0.4) is 0 Å². The molecular formula is C42H81N2O6P. The van der Waals surface area contributed by atoms with Gasteiger partial charge in [-0.05, 0) is 44.9 Å². The molecule has 0 aromatic carbocycles. The molecule has 8 nitrogen and oxygen atoms in total. The first kappa shape index (κ1) is 49.7. The van der Waals surface area contributed by atoms with Gasteiger partial charge < -0.3 is 21.1 Å².